The van der Waals surface area contributed by atoms with E-state index in [2.05, 4.69) is 58.8 Å². The van der Waals surface area contributed by atoms with Crippen LogP contribution in [0.1, 0.15) is 5.56 Å². The average Bonchev–Trinajstić information content (AvgIpc) is 3.35. The van der Waals surface area contributed by atoms with Gasteiger partial charge >= 0.3 is 0 Å². The van der Waals surface area contributed by atoms with E-state index in [-0.39, 0.29) is 6.61 Å². The number of nitrogens with zero attached hydrogens (tertiary/aromatic N) is 1. The predicted molar refractivity (Wildman–Crippen MR) is 157 cm³/mol. The Hall–Kier alpha value is -4.26. The van der Waals surface area contributed by atoms with E-state index in [1.54, 1.807) is 0 Å². The van der Waals surface area contributed by atoms with Crippen LogP contribution in [0.4, 0.5) is 5.69 Å². The molecule has 6 rings (SSSR count). The second kappa shape index (κ2) is 10.6. The molecule has 1 unspecified atom stereocenters. The van der Waals surface area contributed by atoms with Crippen LogP contribution in [0.15, 0.2) is 114 Å². The normalized spacial score (nSPS) is 12.1. The number of rotatable bonds is 8. The first kappa shape index (κ1) is 24.1. The van der Waals surface area contributed by atoms with Gasteiger partial charge in [-0.15, -0.1) is 0 Å². The van der Waals surface area contributed by atoms with Gasteiger partial charge in [-0.25, -0.2) is 4.98 Å². The second-order valence-corrected chi connectivity index (χ2v) is 10.6. The molecule has 0 amide bonds. The fourth-order valence-electron chi connectivity index (χ4n) is 4.89. The van der Waals surface area contributed by atoms with Gasteiger partial charge in [-0.3, -0.25) is 4.21 Å². The number of hydrogen-bond donors (Lipinski definition) is 3. The van der Waals surface area contributed by atoms with Gasteiger partial charge in [-0.1, -0.05) is 66.7 Å². The topological polar surface area (TPSA) is 78.0 Å². The van der Waals surface area contributed by atoms with Gasteiger partial charge in [0.1, 0.15) is 5.65 Å². The monoisotopic (exact) mass is 517 g/mol. The maximum Gasteiger partial charge on any atom is 0.138 e. The summed E-state index contributed by atoms with van der Waals surface area (Å²) in [6, 6.07) is 34.4. The van der Waals surface area contributed by atoms with Crippen LogP contribution >= 0.6 is 0 Å². The Kier molecular flexibility index (Phi) is 6.73. The number of aliphatic hydroxyl groups is 1. The zero-order chi connectivity index (χ0) is 25.9. The molecule has 2 heterocycles. The van der Waals surface area contributed by atoms with E-state index in [1.807, 2.05) is 60.8 Å². The highest BCUT2D eigenvalue weighted by Gasteiger charge is 2.18. The van der Waals surface area contributed by atoms with Crippen molar-refractivity contribution < 1.29 is 9.32 Å². The van der Waals surface area contributed by atoms with Crippen LogP contribution in [0, 0.1) is 0 Å². The number of anilines is 1. The van der Waals surface area contributed by atoms with Crippen molar-refractivity contribution >= 4 is 38.4 Å². The van der Waals surface area contributed by atoms with E-state index in [0.29, 0.717) is 12.3 Å². The number of pyridine rings is 1. The summed E-state index contributed by atoms with van der Waals surface area (Å²) < 4.78 is 13.0. The second-order valence-electron chi connectivity index (χ2n) is 9.17. The Morgan fingerprint density at radius 1 is 0.842 bits per heavy atom. The van der Waals surface area contributed by atoms with Gasteiger partial charge in [0, 0.05) is 50.7 Å². The van der Waals surface area contributed by atoms with Crippen LogP contribution in [0.5, 0.6) is 0 Å². The van der Waals surface area contributed by atoms with E-state index >= 15 is 0 Å². The number of nitrogens with one attached hydrogen (secondary N) is 2. The fraction of sp³-hybridized carbons (Fsp3) is 0.0938. The third-order valence-corrected chi connectivity index (χ3v) is 8.08. The van der Waals surface area contributed by atoms with Gasteiger partial charge in [0.05, 0.1) is 23.2 Å². The zero-order valence-corrected chi connectivity index (χ0v) is 21.5. The summed E-state index contributed by atoms with van der Waals surface area (Å²) in [6.07, 6.45) is 1.93. The molecule has 2 aromatic heterocycles. The Morgan fingerprint density at radius 3 is 2.32 bits per heavy atom. The lowest BCUT2D eigenvalue weighted by atomic mass is 9.92. The van der Waals surface area contributed by atoms with Crippen LogP contribution in [0.2, 0.25) is 0 Å². The summed E-state index contributed by atoms with van der Waals surface area (Å²) in [5, 5.41) is 14.5. The first-order chi connectivity index (χ1) is 18.7. The molecule has 6 aromatic rings. The molecule has 5 nitrogen and oxygen atoms in total. The molecular formula is C32H27N3O2S. The number of aliphatic hydroxyl groups excluding tert-OH is 1. The van der Waals surface area contributed by atoms with Crippen LogP contribution in [-0.2, 0) is 16.6 Å². The molecule has 6 heteroatoms. The van der Waals surface area contributed by atoms with Gasteiger partial charge in [-0.05, 0) is 53.1 Å². The third kappa shape index (κ3) is 4.72. The molecule has 188 valence electrons. The largest absolute Gasteiger partial charge is 0.395 e. The molecule has 0 spiro atoms. The first-order valence-electron chi connectivity index (χ1n) is 12.6. The van der Waals surface area contributed by atoms with Crippen molar-refractivity contribution in [2.24, 2.45) is 0 Å². The van der Waals surface area contributed by atoms with Gasteiger partial charge in [0.2, 0.25) is 0 Å². The lowest BCUT2D eigenvalue weighted by Crippen LogP contribution is -2.04. The molecular weight excluding hydrogens is 490 g/mol. The van der Waals surface area contributed by atoms with Crippen LogP contribution in [-0.4, -0.2) is 32.4 Å². The van der Waals surface area contributed by atoms with Gasteiger partial charge in [0.25, 0.3) is 0 Å². The SMILES string of the molecule is O=S(Cc1ccc2[nH]c3ncc(-c4ccc(NCCO)cc4)c(-c4ccccc4)c3c2c1)c1ccccc1. The average molecular weight is 518 g/mol. The summed E-state index contributed by atoms with van der Waals surface area (Å²) in [5.41, 5.74) is 8.12. The molecule has 0 radical (unpaired) electrons. The highest BCUT2D eigenvalue weighted by Crippen LogP contribution is 2.41. The smallest absolute Gasteiger partial charge is 0.138 e. The Bertz CT molecular complexity index is 1730. The van der Waals surface area contributed by atoms with Crippen molar-refractivity contribution in [3.63, 3.8) is 0 Å². The number of aromatic nitrogens is 2. The molecule has 1 atom stereocenters. The van der Waals surface area contributed by atoms with E-state index in [1.165, 1.54) is 0 Å². The molecule has 0 aliphatic carbocycles. The highest BCUT2D eigenvalue weighted by atomic mass is 32.2. The standard InChI is InChI=1S/C32H27N3O2S/c36-18-17-33-25-14-12-23(13-15-25)28-20-34-32-31(30(28)24-7-3-1-4-8-24)27-19-22(11-16-29(27)35-32)21-38(37)26-9-5-2-6-10-26/h1-16,19-20,33,36H,17-18,21H2,(H,34,35). The molecule has 0 aliphatic rings. The van der Waals surface area contributed by atoms with Crippen molar-refractivity contribution in [1.29, 1.82) is 0 Å². The van der Waals surface area contributed by atoms with Gasteiger partial charge in [0.15, 0.2) is 0 Å². The summed E-state index contributed by atoms with van der Waals surface area (Å²) in [7, 11) is -1.13. The van der Waals surface area contributed by atoms with Crippen molar-refractivity contribution in [3.8, 4) is 22.3 Å². The molecule has 3 N–H and O–H groups in total. The lowest BCUT2D eigenvalue weighted by Gasteiger charge is -2.13. The number of benzene rings is 4. The number of H-pyrrole nitrogens is 1. The van der Waals surface area contributed by atoms with Crippen molar-refractivity contribution in [1.82, 2.24) is 9.97 Å². The van der Waals surface area contributed by atoms with Crippen molar-refractivity contribution in [2.75, 3.05) is 18.5 Å². The predicted octanol–water partition coefficient (Wildman–Crippen LogP) is 6.76. The molecule has 0 aliphatic heterocycles. The fourth-order valence-corrected chi connectivity index (χ4v) is 6.00. The Morgan fingerprint density at radius 2 is 1.58 bits per heavy atom. The quantitative estimate of drug-likeness (QED) is 0.208. The Labute approximate surface area is 223 Å². The third-order valence-electron chi connectivity index (χ3n) is 6.69. The van der Waals surface area contributed by atoms with Gasteiger partial charge < -0.3 is 15.4 Å². The van der Waals surface area contributed by atoms with Crippen LogP contribution < -0.4 is 5.32 Å². The van der Waals surface area contributed by atoms with Crippen LogP contribution in [0.3, 0.4) is 0 Å². The maximum atomic E-state index is 13.0. The molecule has 4 aromatic carbocycles. The zero-order valence-electron chi connectivity index (χ0n) is 20.7. The number of hydrogen-bond acceptors (Lipinski definition) is 4. The lowest BCUT2D eigenvalue weighted by molar-refractivity contribution is 0.311. The summed E-state index contributed by atoms with van der Waals surface area (Å²) in [5.74, 6) is 0.447. The number of aromatic amines is 1. The van der Waals surface area contributed by atoms with Crippen molar-refractivity contribution in [3.05, 3.63) is 115 Å². The minimum Gasteiger partial charge on any atom is -0.395 e. The van der Waals surface area contributed by atoms with E-state index < -0.39 is 10.8 Å². The number of fused-ring (bicyclic) bond motifs is 3. The van der Waals surface area contributed by atoms with E-state index in [4.69, 9.17) is 10.1 Å². The summed E-state index contributed by atoms with van der Waals surface area (Å²) in [4.78, 5) is 9.15. The minimum atomic E-state index is -1.13. The van der Waals surface area contributed by atoms with Crippen molar-refractivity contribution in [2.45, 2.75) is 10.6 Å². The highest BCUT2D eigenvalue weighted by molar-refractivity contribution is 7.84. The molecule has 0 saturated heterocycles. The van der Waals surface area contributed by atoms with Gasteiger partial charge in [-0.2, -0.15) is 0 Å². The summed E-state index contributed by atoms with van der Waals surface area (Å²) >= 11 is 0. The van der Waals surface area contributed by atoms with E-state index in [9.17, 15) is 4.21 Å². The summed E-state index contributed by atoms with van der Waals surface area (Å²) in [6.45, 7) is 0.594. The maximum absolute atomic E-state index is 13.0. The Balaban J connectivity index is 1.50. The first-order valence-corrected chi connectivity index (χ1v) is 13.9. The molecule has 0 saturated carbocycles. The minimum absolute atomic E-state index is 0.0853. The molecule has 38 heavy (non-hydrogen) atoms. The molecule has 0 fully saturated rings. The van der Waals surface area contributed by atoms with Crippen LogP contribution in [0.25, 0.3) is 44.2 Å². The molecule has 0 bridgehead atoms. The van der Waals surface area contributed by atoms with E-state index in [0.717, 1.165) is 60.3 Å².